The summed E-state index contributed by atoms with van der Waals surface area (Å²) in [4.78, 5) is 16.0. The third-order valence-electron chi connectivity index (χ3n) is 3.17. The lowest BCUT2D eigenvalue weighted by atomic mass is 10.0. The van der Waals surface area contributed by atoms with Gasteiger partial charge in [0.15, 0.2) is 0 Å². The summed E-state index contributed by atoms with van der Waals surface area (Å²) in [5.41, 5.74) is 6.77. The van der Waals surface area contributed by atoms with Gasteiger partial charge in [0, 0.05) is 37.4 Å². The largest absolute Gasteiger partial charge is 0.353 e. The van der Waals surface area contributed by atoms with Crippen LogP contribution < -0.4 is 11.1 Å². The number of aromatic nitrogens is 2. The Morgan fingerprint density at radius 2 is 2.47 bits per heavy atom. The second-order valence-corrected chi connectivity index (χ2v) is 4.59. The molecule has 1 heterocycles. The number of aryl methyl sites for hydroxylation is 1. The Kier molecular flexibility index (Phi) is 3.78. The monoisotopic (exact) mass is 236 g/mol. The van der Waals surface area contributed by atoms with Gasteiger partial charge in [-0.15, -0.1) is 0 Å². The van der Waals surface area contributed by atoms with E-state index in [1.165, 1.54) is 0 Å². The van der Waals surface area contributed by atoms with E-state index in [-0.39, 0.29) is 11.8 Å². The van der Waals surface area contributed by atoms with Crippen molar-refractivity contribution < 1.29 is 4.79 Å². The number of amides is 1. The van der Waals surface area contributed by atoms with Crippen molar-refractivity contribution in [1.29, 1.82) is 0 Å². The van der Waals surface area contributed by atoms with Crippen LogP contribution in [-0.4, -0.2) is 28.0 Å². The maximum Gasteiger partial charge on any atom is 0.224 e. The predicted octanol–water partition coefficient (Wildman–Crippen LogP) is 0.299. The highest BCUT2D eigenvalue weighted by Gasteiger charge is 2.27. The van der Waals surface area contributed by atoms with Crippen molar-refractivity contribution in [1.82, 2.24) is 14.9 Å². The number of nitrogens with one attached hydrogen (secondary N) is 1. The van der Waals surface area contributed by atoms with E-state index in [1.807, 2.05) is 10.8 Å². The van der Waals surface area contributed by atoms with Crippen LogP contribution in [0.5, 0.6) is 0 Å². The highest BCUT2D eigenvalue weighted by Crippen LogP contribution is 2.19. The lowest BCUT2D eigenvalue weighted by molar-refractivity contribution is -0.124. The number of hydrogen-bond donors (Lipinski definition) is 2. The highest BCUT2D eigenvalue weighted by molar-refractivity contribution is 5.79. The van der Waals surface area contributed by atoms with Crippen molar-refractivity contribution in [3.63, 3.8) is 0 Å². The van der Waals surface area contributed by atoms with Gasteiger partial charge in [0.2, 0.25) is 5.91 Å². The van der Waals surface area contributed by atoms with Gasteiger partial charge < -0.3 is 15.6 Å². The zero-order valence-electron chi connectivity index (χ0n) is 10.2. The number of rotatable bonds is 6. The van der Waals surface area contributed by atoms with Crippen LogP contribution in [0.2, 0.25) is 0 Å². The number of imidazole rings is 1. The highest BCUT2D eigenvalue weighted by atomic mass is 16.2. The van der Waals surface area contributed by atoms with E-state index in [1.54, 1.807) is 6.33 Å². The van der Waals surface area contributed by atoms with E-state index in [0.29, 0.717) is 19.0 Å². The molecule has 1 aromatic heterocycles. The van der Waals surface area contributed by atoms with Gasteiger partial charge in [0.25, 0.3) is 0 Å². The van der Waals surface area contributed by atoms with Crippen molar-refractivity contribution in [3.8, 4) is 0 Å². The zero-order valence-corrected chi connectivity index (χ0v) is 10.2. The van der Waals surface area contributed by atoms with E-state index in [2.05, 4.69) is 17.2 Å². The summed E-state index contributed by atoms with van der Waals surface area (Å²) in [6, 6.07) is 0.396. The standard InChI is InChI=1S/C12H20N4O/c1-2-16-8-14-7-11(16)5-9(6-13)12(17)15-10-3-4-10/h7-10H,2-6,13H2,1H3,(H,15,17). The molecule has 94 valence electrons. The van der Waals surface area contributed by atoms with Crippen molar-refractivity contribution in [2.24, 2.45) is 11.7 Å². The summed E-state index contributed by atoms with van der Waals surface area (Å²) in [6.45, 7) is 3.32. The van der Waals surface area contributed by atoms with Gasteiger partial charge in [-0.1, -0.05) is 0 Å². The van der Waals surface area contributed by atoms with Crippen LogP contribution >= 0.6 is 0 Å². The Bertz CT molecular complexity index is 384. The lowest BCUT2D eigenvalue weighted by Gasteiger charge is -2.15. The molecule has 0 spiro atoms. The second-order valence-electron chi connectivity index (χ2n) is 4.59. The Hall–Kier alpha value is -1.36. The SMILES string of the molecule is CCn1cncc1CC(CN)C(=O)NC1CC1. The Morgan fingerprint density at radius 3 is 3.06 bits per heavy atom. The fourth-order valence-electron chi connectivity index (χ4n) is 1.89. The van der Waals surface area contributed by atoms with E-state index in [4.69, 9.17) is 5.73 Å². The molecule has 17 heavy (non-hydrogen) atoms. The zero-order chi connectivity index (χ0) is 12.3. The van der Waals surface area contributed by atoms with E-state index >= 15 is 0 Å². The van der Waals surface area contributed by atoms with Gasteiger partial charge >= 0.3 is 0 Å². The summed E-state index contributed by atoms with van der Waals surface area (Å²) in [5.74, 6) is -0.0588. The number of hydrogen-bond acceptors (Lipinski definition) is 3. The molecule has 1 saturated carbocycles. The molecule has 1 aromatic rings. The molecule has 0 aromatic carbocycles. The smallest absolute Gasteiger partial charge is 0.224 e. The van der Waals surface area contributed by atoms with E-state index < -0.39 is 0 Å². The van der Waals surface area contributed by atoms with Crippen LogP contribution in [0.1, 0.15) is 25.5 Å². The molecule has 0 saturated heterocycles. The van der Waals surface area contributed by atoms with Gasteiger partial charge in [-0.05, 0) is 19.8 Å². The van der Waals surface area contributed by atoms with Crippen LogP contribution in [0.15, 0.2) is 12.5 Å². The van der Waals surface area contributed by atoms with Crippen LogP contribution in [-0.2, 0) is 17.8 Å². The molecule has 3 N–H and O–H groups in total. The molecule has 0 bridgehead atoms. The fourth-order valence-corrected chi connectivity index (χ4v) is 1.89. The summed E-state index contributed by atoms with van der Waals surface area (Å²) < 4.78 is 2.05. The average molecular weight is 236 g/mol. The summed E-state index contributed by atoms with van der Waals surface area (Å²) >= 11 is 0. The first-order valence-corrected chi connectivity index (χ1v) is 6.24. The van der Waals surface area contributed by atoms with Crippen LogP contribution in [0, 0.1) is 5.92 Å². The van der Waals surface area contributed by atoms with E-state index in [0.717, 1.165) is 25.1 Å². The molecule has 1 atom stereocenters. The molecular formula is C12H20N4O. The number of nitrogens with two attached hydrogens (primary N) is 1. The third kappa shape index (κ3) is 3.06. The minimum atomic E-state index is -0.141. The molecule has 1 aliphatic carbocycles. The number of carbonyl (C=O) groups excluding carboxylic acids is 1. The molecule has 5 nitrogen and oxygen atoms in total. The first kappa shape index (κ1) is 12.1. The maximum absolute atomic E-state index is 11.9. The third-order valence-corrected chi connectivity index (χ3v) is 3.17. The molecule has 0 radical (unpaired) electrons. The van der Waals surface area contributed by atoms with E-state index in [9.17, 15) is 4.79 Å². The molecule has 1 fully saturated rings. The van der Waals surface area contributed by atoms with Gasteiger partial charge in [-0.2, -0.15) is 0 Å². The fraction of sp³-hybridized carbons (Fsp3) is 0.667. The minimum Gasteiger partial charge on any atom is -0.353 e. The van der Waals surface area contributed by atoms with Gasteiger partial charge in [-0.3, -0.25) is 4.79 Å². The molecule has 1 unspecified atom stereocenters. The quantitative estimate of drug-likeness (QED) is 0.746. The number of carbonyl (C=O) groups is 1. The van der Waals surface area contributed by atoms with Crippen LogP contribution in [0.4, 0.5) is 0 Å². The molecule has 2 rings (SSSR count). The summed E-state index contributed by atoms with van der Waals surface area (Å²) in [6.07, 6.45) is 6.49. The molecular weight excluding hydrogens is 216 g/mol. The Balaban J connectivity index is 1.95. The van der Waals surface area contributed by atoms with Crippen LogP contribution in [0.3, 0.4) is 0 Å². The van der Waals surface area contributed by atoms with Crippen molar-refractivity contribution in [3.05, 3.63) is 18.2 Å². The molecule has 1 aliphatic rings. The Morgan fingerprint density at radius 1 is 1.71 bits per heavy atom. The number of nitrogens with zero attached hydrogens (tertiary/aromatic N) is 2. The van der Waals surface area contributed by atoms with Crippen molar-refractivity contribution >= 4 is 5.91 Å². The van der Waals surface area contributed by atoms with Gasteiger partial charge in [-0.25, -0.2) is 4.98 Å². The van der Waals surface area contributed by atoms with Crippen molar-refractivity contribution in [2.75, 3.05) is 6.54 Å². The Labute approximate surface area is 101 Å². The average Bonchev–Trinajstić information content (AvgIpc) is 3.02. The summed E-state index contributed by atoms with van der Waals surface area (Å²) in [7, 11) is 0. The first-order valence-electron chi connectivity index (χ1n) is 6.24. The lowest BCUT2D eigenvalue weighted by Crippen LogP contribution is -2.37. The minimum absolute atomic E-state index is 0.0823. The topological polar surface area (TPSA) is 72.9 Å². The normalized spacial score (nSPS) is 16.8. The second kappa shape index (κ2) is 5.31. The molecule has 1 amide bonds. The van der Waals surface area contributed by atoms with Gasteiger partial charge in [0.1, 0.15) is 0 Å². The van der Waals surface area contributed by atoms with Crippen LogP contribution in [0.25, 0.3) is 0 Å². The van der Waals surface area contributed by atoms with Crippen molar-refractivity contribution in [2.45, 2.75) is 38.8 Å². The predicted molar refractivity (Wildman–Crippen MR) is 65.3 cm³/mol. The first-order chi connectivity index (χ1) is 8.24. The van der Waals surface area contributed by atoms with Gasteiger partial charge in [0.05, 0.1) is 12.2 Å². The summed E-state index contributed by atoms with van der Waals surface area (Å²) in [5, 5.41) is 3.01. The maximum atomic E-state index is 11.9. The molecule has 0 aliphatic heterocycles. The molecule has 5 heteroatoms.